The van der Waals surface area contributed by atoms with Gasteiger partial charge in [0.25, 0.3) is 0 Å². The number of morpholine rings is 1. The van der Waals surface area contributed by atoms with Crippen LogP contribution in [0.3, 0.4) is 0 Å². The molecule has 4 heteroatoms. The Morgan fingerprint density at radius 1 is 0.882 bits per heavy atom. The van der Waals surface area contributed by atoms with Gasteiger partial charge in [-0.1, -0.05) is 126 Å². The number of hydrogen-bond donors (Lipinski definition) is 0. The highest BCUT2D eigenvalue weighted by atomic mass is 16.6. The van der Waals surface area contributed by atoms with Crippen molar-refractivity contribution in [3.8, 4) is 0 Å². The summed E-state index contributed by atoms with van der Waals surface area (Å²) in [6, 6.07) is 10.0. The van der Waals surface area contributed by atoms with Crippen LogP contribution in [0.1, 0.15) is 109 Å². The SMILES string of the molecule is CCCCCCCCCCCCCCCC1=CC2COCC(C1)N2C(=O)OCc1ccccc1. The Kier molecular flexibility index (Phi) is 12.6. The number of benzene rings is 1. The van der Waals surface area contributed by atoms with Gasteiger partial charge in [0.2, 0.25) is 0 Å². The lowest BCUT2D eigenvalue weighted by atomic mass is 9.91. The highest BCUT2D eigenvalue weighted by Gasteiger charge is 2.38. The zero-order valence-corrected chi connectivity index (χ0v) is 21.5. The molecule has 1 aromatic rings. The summed E-state index contributed by atoms with van der Waals surface area (Å²) in [6.07, 6.45) is 22.2. The molecule has 2 bridgehead atoms. The van der Waals surface area contributed by atoms with Crippen LogP contribution in [0.25, 0.3) is 0 Å². The summed E-state index contributed by atoms with van der Waals surface area (Å²) in [7, 11) is 0. The van der Waals surface area contributed by atoms with E-state index in [0.717, 1.165) is 18.4 Å². The van der Waals surface area contributed by atoms with Crippen LogP contribution in [0.2, 0.25) is 0 Å². The van der Waals surface area contributed by atoms with Crippen molar-refractivity contribution in [3.05, 3.63) is 47.5 Å². The molecule has 2 heterocycles. The Balaban J connectivity index is 1.26. The van der Waals surface area contributed by atoms with Crippen LogP contribution < -0.4 is 0 Å². The van der Waals surface area contributed by atoms with Gasteiger partial charge in [0.05, 0.1) is 25.3 Å². The van der Waals surface area contributed by atoms with Crippen molar-refractivity contribution >= 4 is 6.09 Å². The second kappa shape index (κ2) is 16.0. The zero-order valence-electron chi connectivity index (χ0n) is 21.5. The molecule has 1 saturated heterocycles. The third-order valence-corrected chi connectivity index (χ3v) is 7.29. The third-order valence-electron chi connectivity index (χ3n) is 7.29. The van der Waals surface area contributed by atoms with E-state index >= 15 is 0 Å². The van der Waals surface area contributed by atoms with E-state index in [4.69, 9.17) is 9.47 Å². The molecule has 190 valence electrons. The minimum Gasteiger partial charge on any atom is -0.445 e. The molecule has 0 aromatic heterocycles. The first-order valence-corrected chi connectivity index (χ1v) is 14.0. The number of unbranched alkanes of at least 4 members (excludes halogenated alkanes) is 12. The van der Waals surface area contributed by atoms with Crippen molar-refractivity contribution < 1.29 is 14.3 Å². The smallest absolute Gasteiger partial charge is 0.411 e. The first-order chi connectivity index (χ1) is 16.8. The fourth-order valence-electron chi connectivity index (χ4n) is 5.32. The first-order valence-electron chi connectivity index (χ1n) is 14.0. The number of carbonyl (C=O) groups is 1. The molecule has 1 aromatic carbocycles. The Bertz CT molecular complexity index is 717. The lowest BCUT2D eigenvalue weighted by Gasteiger charge is -2.43. The van der Waals surface area contributed by atoms with E-state index in [1.54, 1.807) is 0 Å². The molecule has 2 unspecified atom stereocenters. The summed E-state index contributed by atoms with van der Waals surface area (Å²) >= 11 is 0. The van der Waals surface area contributed by atoms with Crippen LogP contribution in [0, 0.1) is 0 Å². The van der Waals surface area contributed by atoms with Crippen molar-refractivity contribution in [1.29, 1.82) is 0 Å². The molecule has 1 fully saturated rings. The monoisotopic (exact) mass is 469 g/mol. The lowest BCUT2D eigenvalue weighted by molar-refractivity contribution is -0.0375. The Hall–Kier alpha value is -1.81. The largest absolute Gasteiger partial charge is 0.445 e. The van der Waals surface area contributed by atoms with Gasteiger partial charge in [0, 0.05) is 0 Å². The summed E-state index contributed by atoms with van der Waals surface area (Å²) in [4.78, 5) is 14.7. The van der Waals surface area contributed by atoms with Crippen molar-refractivity contribution in [2.24, 2.45) is 0 Å². The van der Waals surface area contributed by atoms with Gasteiger partial charge < -0.3 is 9.47 Å². The van der Waals surface area contributed by atoms with Crippen LogP contribution in [0.5, 0.6) is 0 Å². The topological polar surface area (TPSA) is 38.8 Å². The molecule has 2 aliphatic rings. The standard InChI is InChI=1S/C30H47NO3/c1-2-3-4-5-6-7-8-9-10-11-12-13-15-20-27-21-28-24-33-25-29(22-27)31(28)30(32)34-23-26-18-16-14-17-19-26/h14,16-19,21,28-29H,2-13,15,20,22-25H2,1H3. The van der Waals surface area contributed by atoms with Crippen molar-refractivity contribution in [3.63, 3.8) is 0 Å². The number of hydrogen-bond acceptors (Lipinski definition) is 3. The fraction of sp³-hybridized carbons (Fsp3) is 0.700. The van der Waals surface area contributed by atoms with Gasteiger partial charge in [-0.05, 0) is 24.8 Å². The molecular formula is C30H47NO3. The van der Waals surface area contributed by atoms with E-state index in [1.165, 1.54) is 89.0 Å². The van der Waals surface area contributed by atoms with Crippen molar-refractivity contribution in [1.82, 2.24) is 4.90 Å². The van der Waals surface area contributed by atoms with E-state index in [0.29, 0.717) is 19.8 Å². The number of rotatable bonds is 16. The highest BCUT2D eigenvalue weighted by molar-refractivity contribution is 5.69. The minimum atomic E-state index is -0.210. The molecule has 1 amide bonds. The minimum absolute atomic E-state index is 0.0211. The van der Waals surface area contributed by atoms with Gasteiger partial charge >= 0.3 is 6.09 Å². The van der Waals surface area contributed by atoms with E-state index in [-0.39, 0.29) is 18.2 Å². The summed E-state index contributed by atoms with van der Waals surface area (Å²) in [5, 5.41) is 0. The highest BCUT2D eigenvalue weighted by Crippen LogP contribution is 2.30. The molecule has 2 atom stereocenters. The molecular weight excluding hydrogens is 422 g/mol. The van der Waals surface area contributed by atoms with Crippen LogP contribution in [0.15, 0.2) is 42.0 Å². The Morgan fingerprint density at radius 3 is 2.12 bits per heavy atom. The van der Waals surface area contributed by atoms with Gasteiger partial charge in [0.1, 0.15) is 6.61 Å². The maximum absolute atomic E-state index is 12.8. The van der Waals surface area contributed by atoms with Crippen LogP contribution in [-0.2, 0) is 16.1 Å². The number of nitrogens with zero attached hydrogens (tertiary/aromatic N) is 1. The van der Waals surface area contributed by atoms with Gasteiger partial charge in [-0.2, -0.15) is 0 Å². The molecule has 0 N–H and O–H groups in total. The Labute approximate surface area is 208 Å². The summed E-state index contributed by atoms with van der Waals surface area (Å²) in [6.45, 7) is 3.81. The average molecular weight is 470 g/mol. The normalized spacial score (nSPS) is 19.7. The molecule has 0 aliphatic carbocycles. The van der Waals surface area contributed by atoms with Crippen LogP contribution in [0.4, 0.5) is 4.79 Å². The summed E-state index contributed by atoms with van der Waals surface area (Å²) < 4.78 is 11.4. The van der Waals surface area contributed by atoms with Gasteiger partial charge in [-0.3, -0.25) is 4.90 Å². The van der Waals surface area contributed by atoms with Crippen molar-refractivity contribution in [2.45, 2.75) is 122 Å². The number of ether oxygens (including phenoxy) is 2. The quantitative estimate of drug-likeness (QED) is 0.181. The van der Waals surface area contributed by atoms with Gasteiger partial charge in [0.15, 0.2) is 0 Å². The lowest BCUT2D eigenvalue weighted by Crippen LogP contribution is -2.56. The summed E-state index contributed by atoms with van der Waals surface area (Å²) in [5.41, 5.74) is 2.53. The third kappa shape index (κ3) is 9.44. The van der Waals surface area contributed by atoms with Gasteiger partial charge in [-0.15, -0.1) is 0 Å². The second-order valence-corrected chi connectivity index (χ2v) is 10.2. The van der Waals surface area contributed by atoms with Gasteiger partial charge in [-0.25, -0.2) is 4.79 Å². The zero-order chi connectivity index (χ0) is 23.8. The fourth-order valence-corrected chi connectivity index (χ4v) is 5.32. The maximum atomic E-state index is 12.8. The number of fused-ring (bicyclic) bond motifs is 2. The maximum Gasteiger partial charge on any atom is 0.411 e. The first kappa shape index (κ1) is 26.8. The van der Waals surface area contributed by atoms with E-state index in [9.17, 15) is 4.79 Å². The van der Waals surface area contributed by atoms with E-state index in [2.05, 4.69) is 13.0 Å². The van der Waals surface area contributed by atoms with E-state index < -0.39 is 0 Å². The van der Waals surface area contributed by atoms with Crippen LogP contribution >= 0.6 is 0 Å². The molecule has 0 spiro atoms. The predicted octanol–water partition coefficient (Wildman–Crippen LogP) is 8.20. The van der Waals surface area contributed by atoms with Crippen molar-refractivity contribution in [2.75, 3.05) is 13.2 Å². The average Bonchev–Trinajstić information content (AvgIpc) is 2.85. The molecule has 0 saturated carbocycles. The molecule has 4 nitrogen and oxygen atoms in total. The molecule has 3 rings (SSSR count). The molecule has 2 aliphatic heterocycles. The summed E-state index contributed by atoms with van der Waals surface area (Å²) in [5.74, 6) is 0. The van der Waals surface area contributed by atoms with E-state index in [1.807, 2.05) is 35.2 Å². The number of amides is 1. The Morgan fingerprint density at radius 2 is 1.50 bits per heavy atom. The predicted molar refractivity (Wildman–Crippen MR) is 140 cm³/mol. The molecule has 0 radical (unpaired) electrons. The number of carbonyl (C=O) groups excluding carboxylic acids is 1. The second-order valence-electron chi connectivity index (χ2n) is 10.2. The van der Waals surface area contributed by atoms with Crippen LogP contribution in [-0.4, -0.2) is 36.3 Å². The molecule has 34 heavy (non-hydrogen) atoms.